The maximum absolute atomic E-state index is 12.7. The topological polar surface area (TPSA) is 55.8 Å². The quantitative estimate of drug-likeness (QED) is 0.575. The first-order chi connectivity index (χ1) is 13.6. The highest BCUT2D eigenvalue weighted by Gasteiger charge is 2.60. The summed E-state index contributed by atoms with van der Waals surface area (Å²) in [6.45, 7) is 3.10. The molecule has 3 saturated carbocycles. The van der Waals surface area contributed by atoms with Gasteiger partial charge >= 0.3 is 0 Å². The van der Waals surface area contributed by atoms with E-state index in [1.807, 2.05) is 0 Å². The molecular formula is C24H36O4. The van der Waals surface area contributed by atoms with E-state index in [9.17, 15) is 9.90 Å². The van der Waals surface area contributed by atoms with Gasteiger partial charge in [0.15, 0.2) is 6.29 Å². The van der Waals surface area contributed by atoms with E-state index in [0.717, 1.165) is 64.4 Å². The van der Waals surface area contributed by atoms with E-state index in [0.29, 0.717) is 17.8 Å². The number of aliphatic hydroxyl groups is 1. The van der Waals surface area contributed by atoms with Crippen LogP contribution in [-0.4, -0.2) is 36.5 Å². The van der Waals surface area contributed by atoms with Gasteiger partial charge in [0.2, 0.25) is 0 Å². The van der Waals surface area contributed by atoms with Gasteiger partial charge in [0, 0.05) is 6.61 Å². The predicted molar refractivity (Wildman–Crippen MR) is 107 cm³/mol. The van der Waals surface area contributed by atoms with Crippen LogP contribution in [0.1, 0.15) is 77.6 Å². The summed E-state index contributed by atoms with van der Waals surface area (Å²) >= 11 is 0. The molecule has 5 aliphatic rings. The molecule has 156 valence electrons. The number of hydrogen-bond acceptors (Lipinski definition) is 4. The lowest BCUT2D eigenvalue weighted by Crippen LogP contribution is -2.54. The molecule has 0 bridgehead atoms. The lowest BCUT2D eigenvalue weighted by molar-refractivity contribution is -0.198. The van der Waals surface area contributed by atoms with Gasteiger partial charge in [-0.05, 0) is 93.8 Å². The Morgan fingerprint density at radius 3 is 2.86 bits per heavy atom. The number of carbonyl (C=O) groups is 1. The number of allylic oxidation sites excluding steroid dienone is 1. The molecule has 1 saturated heterocycles. The van der Waals surface area contributed by atoms with Gasteiger partial charge < -0.3 is 19.4 Å². The van der Waals surface area contributed by atoms with Gasteiger partial charge in [0.25, 0.3) is 0 Å². The van der Waals surface area contributed by atoms with Crippen molar-refractivity contribution in [2.75, 3.05) is 6.61 Å². The number of rotatable bonds is 3. The van der Waals surface area contributed by atoms with E-state index in [4.69, 9.17) is 9.47 Å². The Hall–Kier alpha value is -0.710. The molecule has 28 heavy (non-hydrogen) atoms. The van der Waals surface area contributed by atoms with Crippen molar-refractivity contribution in [1.29, 1.82) is 0 Å². The summed E-state index contributed by atoms with van der Waals surface area (Å²) in [7, 11) is 0. The van der Waals surface area contributed by atoms with Crippen molar-refractivity contribution in [3.8, 4) is 0 Å². The van der Waals surface area contributed by atoms with Gasteiger partial charge in [-0.1, -0.05) is 18.6 Å². The van der Waals surface area contributed by atoms with Crippen LogP contribution in [-0.2, 0) is 14.3 Å². The van der Waals surface area contributed by atoms with Crippen LogP contribution >= 0.6 is 0 Å². The minimum Gasteiger partial charge on any atom is -0.393 e. The fourth-order valence-corrected chi connectivity index (χ4v) is 7.75. The standard InChI is InChI=1S/C24H36O4/c1-23-12-11-20-18(19(23)9-10-21(23)26)8-6-16-5-7-17(14-24(16,20)15-25)28-22-4-2-3-13-27-22/h5,15,17-22,26H,2-4,6-14H2,1H3/t17?,18?,19?,20?,21-,22?,23-,24+/m0/s1. The number of ether oxygens (including phenoxy) is 2. The summed E-state index contributed by atoms with van der Waals surface area (Å²) in [5.41, 5.74) is 1.11. The van der Waals surface area contributed by atoms with Crippen LogP contribution in [0.4, 0.5) is 0 Å². The number of fused-ring (bicyclic) bond motifs is 5. The SMILES string of the molecule is C[C@]12CCC3C(CCC4=CCC(OC5CCCCO5)C[C@@]43C=O)C1CC[C@@H]2O. The number of carbonyl (C=O) groups excluding carboxylic acids is 1. The first-order valence-corrected chi connectivity index (χ1v) is 11.7. The molecular weight excluding hydrogens is 352 g/mol. The van der Waals surface area contributed by atoms with E-state index in [1.54, 1.807) is 0 Å². The third kappa shape index (κ3) is 2.86. The summed E-state index contributed by atoms with van der Waals surface area (Å²) < 4.78 is 12.2. The van der Waals surface area contributed by atoms with Gasteiger partial charge in [-0.2, -0.15) is 0 Å². The van der Waals surface area contributed by atoms with Gasteiger partial charge in [0.05, 0.1) is 17.6 Å². The fraction of sp³-hybridized carbons (Fsp3) is 0.875. The molecule has 5 rings (SSSR count). The minimum absolute atomic E-state index is 0.0625. The Morgan fingerprint density at radius 2 is 2.07 bits per heavy atom. The van der Waals surface area contributed by atoms with Crippen molar-refractivity contribution in [2.24, 2.45) is 28.6 Å². The summed E-state index contributed by atoms with van der Waals surface area (Å²) in [5, 5.41) is 10.6. The molecule has 1 N–H and O–H groups in total. The van der Waals surface area contributed by atoms with Crippen LogP contribution in [0.15, 0.2) is 11.6 Å². The molecule has 5 unspecified atom stereocenters. The second-order valence-corrected chi connectivity index (χ2v) is 10.4. The van der Waals surface area contributed by atoms with Crippen molar-refractivity contribution in [2.45, 2.75) is 96.1 Å². The lowest BCUT2D eigenvalue weighted by Gasteiger charge is -2.57. The normalized spacial score (nSPS) is 50.9. The zero-order valence-corrected chi connectivity index (χ0v) is 17.3. The maximum atomic E-state index is 12.7. The molecule has 4 heteroatoms. The average molecular weight is 389 g/mol. The lowest BCUT2D eigenvalue weighted by atomic mass is 9.47. The Labute approximate surface area is 169 Å². The largest absolute Gasteiger partial charge is 0.393 e. The molecule has 0 aromatic heterocycles. The van der Waals surface area contributed by atoms with Crippen molar-refractivity contribution in [3.63, 3.8) is 0 Å². The molecule has 1 heterocycles. The molecule has 4 fully saturated rings. The van der Waals surface area contributed by atoms with Crippen LogP contribution < -0.4 is 0 Å². The third-order valence-electron chi connectivity index (χ3n) is 9.28. The molecule has 0 aromatic carbocycles. The number of aldehydes is 1. The van der Waals surface area contributed by atoms with Gasteiger partial charge in [0.1, 0.15) is 6.29 Å². The summed E-state index contributed by atoms with van der Waals surface area (Å²) in [4.78, 5) is 12.7. The zero-order valence-electron chi connectivity index (χ0n) is 17.3. The Morgan fingerprint density at radius 1 is 1.18 bits per heavy atom. The Kier molecular flexibility index (Phi) is 4.96. The van der Waals surface area contributed by atoms with Crippen LogP contribution in [0.5, 0.6) is 0 Å². The third-order valence-corrected chi connectivity index (χ3v) is 9.28. The van der Waals surface area contributed by atoms with Crippen molar-refractivity contribution < 1.29 is 19.4 Å². The van der Waals surface area contributed by atoms with E-state index < -0.39 is 0 Å². The fourth-order valence-electron chi connectivity index (χ4n) is 7.75. The molecule has 0 radical (unpaired) electrons. The second-order valence-electron chi connectivity index (χ2n) is 10.4. The van der Waals surface area contributed by atoms with Crippen LogP contribution in [0, 0.1) is 28.6 Å². The van der Waals surface area contributed by atoms with Crippen molar-refractivity contribution >= 4 is 6.29 Å². The molecule has 4 aliphatic carbocycles. The van der Waals surface area contributed by atoms with E-state index in [2.05, 4.69) is 13.0 Å². The molecule has 0 spiro atoms. The summed E-state index contributed by atoms with van der Waals surface area (Å²) in [6, 6.07) is 0. The highest BCUT2D eigenvalue weighted by molar-refractivity contribution is 5.67. The first-order valence-electron chi connectivity index (χ1n) is 11.7. The number of hydrogen-bond donors (Lipinski definition) is 1. The highest BCUT2D eigenvalue weighted by atomic mass is 16.7. The highest BCUT2D eigenvalue weighted by Crippen LogP contribution is 2.65. The van der Waals surface area contributed by atoms with Crippen molar-refractivity contribution in [1.82, 2.24) is 0 Å². The molecule has 0 aromatic rings. The van der Waals surface area contributed by atoms with E-state index in [-0.39, 0.29) is 29.3 Å². The Bertz CT molecular complexity index is 639. The zero-order chi connectivity index (χ0) is 19.4. The number of aliphatic hydroxyl groups excluding tert-OH is 1. The molecule has 1 aliphatic heterocycles. The monoisotopic (exact) mass is 388 g/mol. The molecule has 4 nitrogen and oxygen atoms in total. The minimum atomic E-state index is -0.338. The maximum Gasteiger partial charge on any atom is 0.157 e. The summed E-state index contributed by atoms with van der Waals surface area (Å²) in [5.74, 6) is 1.57. The first kappa shape index (κ1) is 19.3. The van der Waals surface area contributed by atoms with Crippen molar-refractivity contribution in [3.05, 3.63) is 11.6 Å². The average Bonchev–Trinajstić information content (AvgIpc) is 3.03. The van der Waals surface area contributed by atoms with E-state index in [1.165, 1.54) is 24.7 Å². The summed E-state index contributed by atoms with van der Waals surface area (Å²) in [6.07, 6.45) is 14.9. The molecule has 0 amide bonds. The van der Waals surface area contributed by atoms with Gasteiger partial charge in [-0.15, -0.1) is 0 Å². The van der Waals surface area contributed by atoms with Crippen LogP contribution in [0.2, 0.25) is 0 Å². The second kappa shape index (κ2) is 7.21. The van der Waals surface area contributed by atoms with Gasteiger partial charge in [-0.3, -0.25) is 0 Å². The van der Waals surface area contributed by atoms with Crippen LogP contribution in [0.3, 0.4) is 0 Å². The van der Waals surface area contributed by atoms with Crippen LogP contribution in [0.25, 0.3) is 0 Å². The van der Waals surface area contributed by atoms with Gasteiger partial charge in [-0.25, -0.2) is 0 Å². The van der Waals surface area contributed by atoms with E-state index >= 15 is 0 Å². The molecule has 8 atom stereocenters. The predicted octanol–water partition coefficient (Wildman–Crippen LogP) is 4.40. The Balaban J connectivity index is 1.39. The smallest absolute Gasteiger partial charge is 0.157 e.